The van der Waals surface area contributed by atoms with Crippen LogP contribution in [-0.2, 0) is 0 Å². The van der Waals surface area contributed by atoms with Crippen molar-refractivity contribution in [2.75, 3.05) is 29.0 Å². The Morgan fingerprint density at radius 2 is 1.87 bits per heavy atom. The summed E-state index contributed by atoms with van der Waals surface area (Å²) in [5.41, 5.74) is 7.61. The van der Waals surface area contributed by atoms with Crippen LogP contribution in [0, 0.1) is 5.82 Å². The zero-order chi connectivity index (χ0) is 21.4. The molecule has 0 aliphatic carbocycles. The van der Waals surface area contributed by atoms with E-state index in [0.29, 0.717) is 30.1 Å². The molecule has 1 fully saturated rings. The molecule has 9 nitrogen and oxygen atoms in total. The first-order chi connectivity index (χ1) is 14.3. The van der Waals surface area contributed by atoms with Gasteiger partial charge in [-0.05, 0) is 44.2 Å². The number of nitrogens with one attached hydrogen (secondary N) is 1. The molecular weight excluding hydrogens is 389 g/mol. The number of carbonyl (C=O) groups is 1. The Balaban J connectivity index is 1.48. The van der Waals surface area contributed by atoms with Gasteiger partial charge >= 0.3 is 6.09 Å². The Morgan fingerprint density at radius 3 is 2.50 bits per heavy atom. The maximum absolute atomic E-state index is 13.5. The number of aromatic nitrogens is 3. The standard InChI is InChI=1S/C20H22FN7O2/c1-11-9-27(10-12(2)28(11)20(29)30)15-5-3-14(4-6-15)24-19-23-8-13-7-16(21)17(22)25-18(13)26-19/h3-8,11-12H,9-10H2,1-2H3,(H,29,30)(H3,22,23,24,25,26)/t11-,12+. The highest BCUT2D eigenvalue weighted by Crippen LogP contribution is 2.25. The zero-order valence-electron chi connectivity index (χ0n) is 16.6. The predicted molar refractivity (Wildman–Crippen MR) is 112 cm³/mol. The van der Waals surface area contributed by atoms with Gasteiger partial charge in [0.1, 0.15) is 0 Å². The summed E-state index contributed by atoms with van der Waals surface area (Å²) in [6.45, 7) is 5.08. The molecule has 1 aromatic carbocycles. The number of amides is 1. The highest BCUT2D eigenvalue weighted by molar-refractivity contribution is 5.77. The van der Waals surface area contributed by atoms with Crippen molar-refractivity contribution in [3.05, 3.63) is 42.3 Å². The van der Waals surface area contributed by atoms with Crippen LogP contribution in [-0.4, -0.2) is 56.2 Å². The third-order valence-corrected chi connectivity index (χ3v) is 5.18. The molecule has 3 heterocycles. The number of benzene rings is 1. The summed E-state index contributed by atoms with van der Waals surface area (Å²) < 4.78 is 13.5. The Morgan fingerprint density at radius 1 is 1.20 bits per heavy atom. The van der Waals surface area contributed by atoms with E-state index in [4.69, 9.17) is 5.73 Å². The van der Waals surface area contributed by atoms with Gasteiger partial charge in [-0.3, -0.25) is 4.90 Å². The number of nitrogen functional groups attached to an aromatic ring is 1. The van der Waals surface area contributed by atoms with Crippen LogP contribution in [0.2, 0.25) is 0 Å². The van der Waals surface area contributed by atoms with Gasteiger partial charge in [0, 0.05) is 36.0 Å². The van der Waals surface area contributed by atoms with E-state index in [1.54, 1.807) is 0 Å². The topological polar surface area (TPSA) is 120 Å². The van der Waals surface area contributed by atoms with Crippen molar-refractivity contribution in [2.45, 2.75) is 25.9 Å². The molecule has 4 N–H and O–H groups in total. The second-order valence-electron chi connectivity index (χ2n) is 7.43. The van der Waals surface area contributed by atoms with Gasteiger partial charge in [0.2, 0.25) is 5.95 Å². The van der Waals surface area contributed by atoms with Crippen molar-refractivity contribution in [1.29, 1.82) is 0 Å². The average molecular weight is 411 g/mol. The lowest BCUT2D eigenvalue weighted by molar-refractivity contribution is 0.0983. The number of rotatable bonds is 3. The molecule has 0 bridgehead atoms. The fraction of sp³-hybridized carbons (Fsp3) is 0.300. The lowest BCUT2D eigenvalue weighted by atomic mass is 10.1. The average Bonchev–Trinajstić information content (AvgIpc) is 2.69. The van der Waals surface area contributed by atoms with E-state index in [1.807, 2.05) is 38.1 Å². The van der Waals surface area contributed by atoms with Gasteiger partial charge in [-0.2, -0.15) is 4.98 Å². The second-order valence-corrected chi connectivity index (χ2v) is 7.43. The van der Waals surface area contributed by atoms with Crippen LogP contribution in [0.3, 0.4) is 0 Å². The summed E-state index contributed by atoms with van der Waals surface area (Å²) >= 11 is 0. The third kappa shape index (κ3) is 3.76. The Hall–Kier alpha value is -3.69. The summed E-state index contributed by atoms with van der Waals surface area (Å²) in [4.78, 5) is 27.5. The van der Waals surface area contributed by atoms with Gasteiger partial charge in [0.15, 0.2) is 17.3 Å². The van der Waals surface area contributed by atoms with Crippen LogP contribution in [0.4, 0.5) is 32.3 Å². The first-order valence-corrected chi connectivity index (χ1v) is 9.54. The first kappa shape index (κ1) is 19.6. The molecule has 0 spiro atoms. The van der Waals surface area contributed by atoms with E-state index >= 15 is 0 Å². The summed E-state index contributed by atoms with van der Waals surface area (Å²) in [7, 11) is 0. The van der Waals surface area contributed by atoms with Crippen LogP contribution in [0.1, 0.15) is 13.8 Å². The lowest BCUT2D eigenvalue weighted by Crippen LogP contribution is -2.58. The molecule has 2 aromatic heterocycles. The number of hydrogen-bond donors (Lipinski definition) is 3. The number of anilines is 4. The number of nitrogens with zero attached hydrogens (tertiary/aromatic N) is 5. The molecule has 2 atom stereocenters. The van der Waals surface area contributed by atoms with Crippen molar-refractivity contribution >= 4 is 40.3 Å². The van der Waals surface area contributed by atoms with Crippen LogP contribution in [0.5, 0.6) is 0 Å². The summed E-state index contributed by atoms with van der Waals surface area (Å²) in [6, 6.07) is 8.78. The van der Waals surface area contributed by atoms with E-state index < -0.39 is 11.9 Å². The number of fused-ring (bicyclic) bond motifs is 1. The molecule has 3 aromatic rings. The van der Waals surface area contributed by atoms with Gasteiger partial charge in [-0.1, -0.05) is 0 Å². The van der Waals surface area contributed by atoms with E-state index in [1.165, 1.54) is 17.2 Å². The van der Waals surface area contributed by atoms with Crippen LogP contribution in [0.25, 0.3) is 11.0 Å². The molecule has 10 heteroatoms. The lowest BCUT2D eigenvalue weighted by Gasteiger charge is -2.43. The number of pyridine rings is 1. The smallest absolute Gasteiger partial charge is 0.407 e. The summed E-state index contributed by atoms with van der Waals surface area (Å²) in [5, 5.41) is 12.9. The maximum Gasteiger partial charge on any atom is 0.407 e. The minimum absolute atomic E-state index is 0.0974. The monoisotopic (exact) mass is 411 g/mol. The van der Waals surface area contributed by atoms with Gasteiger partial charge in [-0.25, -0.2) is 19.2 Å². The maximum atomic E-state index is 13.5. The molecule has 156 valence electrons. The van der Waals surface area contributed by atoms with E-state index in [9.17, 15) is 14.3 Å². The highest BCUT2D eigenvalue weighted by Gasteiger charge is 2.32. The van der Waals surface area contributed by atoms with Crippen molar-refractivity contribution in [1.82, 2.24) is 19.9 Å². The first-order valence-electron chi connectivity index (χ1n) is 9.54. The number of carboxylic acid groups (broad SMARTS) is 1. The molecule has 0 unspecified atom stereocenters. The van der Waals surface area contributed by atoms with E-state index in [-0.39, 0.29) is 17.9 Å². The molecule has 4 rings (SSSR count). The fourth-order valence-electron chi connectivity index (χ4n) is 3.81. The van der Waals surface area contributed by atoms with Crippen molar-refractivity contribution in [2.24, 2.45) is 0 Å². The van der Waals surface area contributed by atoms with Gasteiger partial charge in [-0.15, -0.1) is 0 Å². The number of piperazine rings is 1. The Bertz CT molecular complexity index is 1080. The molecule has 0 saturated carbocycles. The Kier molecular flexibility index (Phi) is 4.98. The molecule has 1 saturated heterocycles. The largest absolute Gasteiger partial charge is 0.465 e. The predicted octanol–water partition coefficient (Wildman–Crippen LogP) is 3.07. The normalized spacial score (nSPS) is 19.2. The van der Waals surface area contributed by atoms with Crippen LogP contribution >= 0.6 is 0 Å². The van der Waals surface area contributed by atoms with Gasteiger partial charge in [0.25, 0.3) is 0 Å². The molecule has 30 heavy (non-hydrogen) atoms. The van der Waals surface area contributed by atoms with Gasteiger partial charge < -0.3 is 21.1 Å². The zero-order valence-corrected chi connectivity index (χ0v) is 16.6. The number of hydrogen-bond acceptors (Lipinski definition) is 7. The second kappa shape index (κ2) is 7.62. The number of halogens is 1. The van der Waals surface area contributed by atoms with Crippen molar-refractivity contribution in [3.63, 3.8) is 0 Å². The minimum atomic E-state index is -0.886. The van der Waals surface area contributed by atoms with Gasteiger partial charge in [0.05, 0.1) is 12.1 Å². The van der Waals surface area contributed by atoms with Crippen LogP contribution in [0.15, 0.2) is 36.5 Å². The van der Waals surface area contributed by atoms with Crippen molar-refractivity contribution < 1.29 is 14.3 Å². The van der Waals surface area contributed by atoms with Crippen molar-refractivity contribution in [3.8, 4) is 0 Å². The summed E-state index contributed by atoms with van der Waals surface area (Å²) in [6.07, 6.45) is 0.600. The Labute approximate surface area is 172 Å². The minimum Gasteiger partial charge on any atom is -0.465 e. The fourth-order valence-corrected chi connectivity index (χ4v) is 3.81. The molecular formula is C20H22FN7O2. The van der Waals surface area contributed by atoms with E-state index in [2.05, 4.69) is 25.2 Å². The molecule has 1 aliphatic rings. The number of nitrogens with two attached hydrogens (primary N) is 1. The third-order valence-electron chi connectivity index (χ3n) is 5.18. The molecule has 0 radical (unpaired) electrons. The summed E-state index contributed by atoms with van der Waals surface area (Å²) in [5.74, 6) is -0.482. The van der Waals surface area contributed by atoms with E-state index in [0.717, 1.165) is 11.4 Å². The highest BCUT2D eigenvalue weighted by atomic mass is 19.1. The quantitative estimate of drug-likeness (QED) is 0.601. The van der Waals surface area contributed by atoms with Crippen LogP contribution < -0.4 is 16.0 Å². The molecule has 1 aliphatic heterocycles. The molecule has 1 amide bonds. The SMILES string of the molecule is C[C@@H]1CN(c2ccc(Nc3ncc4cc(F)c(N)nc4n3)cc2)C[C@H](C)N1C(=O)O.